The van der Waals surface area contributed by atoms with Gasteiger partial charge in [0.25, 0.3) is 5.91 Å². The number of hydrogen-bond acceptors (Lipinski definition) is 4. The average Bonchev–Trinajstić information content (AvgIpc) is 2.92. The summed E-state index contributed by atoms with van der Waals surface area (Å²) < 4.78 is 0.936. The number of Topliss-reactive ketones (excluding diaryl/α,β-unsaturated/α-hetero) is 1. The van der Waals surface area contributed by atoms with Crippen LogP contribution < -0.4 is 10.6 Å². The summed E-state index contributed by atoms with van der Waals surface area (Å²) in [6.07, 6.45) is 0. The fourth-order valence-electron chi connectivity index (χ4n) is 2.30. The Balaban J connectivity index is 1.74. The van der Waals surface area contributed by atoms with Crippen molar-refractivity contribution in [2.24, 2.45) is 0 Å². The first-order valence-electron chi connectivity index (χ1n) is 7.36. The second kappa shape index (κ2) is 7.31. The molecule has 126 valence electrons. The molecule has 2 N–H and O–H groups in total. The average molecular weight is 389 g/mol. The van der Waals surface area contributed by atoms with Crippen LogP contribution in [0.1, 0.15) is 27.0 Å². The number of thiocarbonyl (C=S) groups is 1. The molecule has 3 aromatic rings. The molecule has 0 saturated carbocycles. The molecule has 25 heavy (non-hydrogen) atoms. The first-order chi connectivity index (χ1) is 12.0. The minimum Gasteiger partial charge on any atom is -0.332 e. The fourth-order valence-corrected chi connectivity index (χ4v) is 3.92. The van der Waals surface area contributed by atoms with E-state index in [2.05, 4.69) is 10.6 Å². The molecule has 0 atom stereocenters. The number of thiophene rings is 1. The van der Waals surface area contributed by atoms with Gasteiger partial charge in [0.1, 0.15) is 4.88 Å². The Bertz CT molecular complexity index is 998. The van der Waals surface area contributed by atoms with E-state index in [1.807, 2.05) is 24.3 Å². The van der Waals surface area contributed by atoms with Crippen molar-refractivity contribution in [2.75, 3.05) is 5.32 Å². The predicted molar refractivity (Wildman–Crippen MR) is 107 cm³/mol. The molecule has 0 radical (unpaired) electrons. The highest BCUT2D eigenvalue weighted by Crippen LogP contribution is 2.34. The lowest BCUT2D eigenvalue weighted by molar-refractivity contribution is 0.0979. The van der Waals surface area contributed by atoms with E-state index >= 15 is 0 Å². The molecule has 0 saturated heterocycles. The van der Waals surface area contributed by atoms with Crippen LogP contribution in [0.3, 0.4) is 0 Å². The van der Waals surface area contributed by atoms with Crippen LogP contribution in [0.2, 0.25) is 5.02 Å². The van der Waals surface area contributed by atoms with Crippen molar-refractivity contribution in [1.29, 1.82) is 0 Å². The lowest BCUT2D eigenvalue weighted by Crippen LogP contribution is -2.33. The summed E-state index contributed by atoms with van der Waals surface area (Å²) in [6.45, 7) is 1.49. The van der Waals surface area contributed by atoms with Gasteiger partial charge < -0.3 is 5.32 Å². The van der Waals surface area contributed by atoms with Gasteiger partial charge in [0, 0.05) is 21.3 Å². The Labute approximate surface area is 158 Å². The number of halogens is 1. The molecule has 7 heteroatoms. The summed E-state index contributed by atoms with van der Waals surface area (Å²) in [6, 6.07) is 14.4. The Hall–Kier alpha value is -2.28. The van der Waals surface area contributed by atoms with Gasteiger partial charge in [0.2, 0.25) is 0 Å². The first kappa shape index (κ1) is 17.5. The minimum absolute atomic E-state index is 0.0457. The smallest absolute Gasteiger partial charge is 0.269 e. The number of anilines is 1. The molecule has 1 amide bonds. The van der Waals surface area contributed by atoms with E-state index in [9.17, 15) is 9.59 Å². The van der Waals surface area contributed by atoms with Gasteiger partial charge in [0.15, 0.2) is 10.9 Å². The molecule has 0 unspecified atom stereocenters. The molecule has 2 aromatic carbocycles. The monoisotopic (exact) mass is 388 g/mol. The first-order valence-corrected chi connectivity index (χ1v) is 8.96. The summed E-state index contributed by atoms with van der Waals surface area (Å²) in [5.74, 6) is -0.415. The number of nitrogens with one attached hydrogen (secondary N) is 2. The topological polar surface area (TPSA) is 58.2 Å². The van der Waals surface area contributed by atoms with E-state index in [0.717, 1.165) is 10.1 Å². The van der Waals surface area contributed by atoms with Gasteiger partial charge in [-0.3, -0.25) is 14.9 Å². The molecule has 3 rings (SSSR count). The maximum absolute atomic E-state index is 12.4. The normalized spacial score (nSPS) is 10.5. The molecular formula is C18H13ClN2O2S2. The molecule has 0 aliphatic heterocycles. The van der Waals surface area contributed by atoms with Crippen LogP contribution in [0.25, 0.3) is 10.1 Å². The molecule has 4 nitrogen and oxygen atoms in total. The van der Waals surface area contributed by atoms with Crippen molar-refractivity contribution in [3.05, 3.63) is 64.0 Å². The lowest BCUT2D eigenvalue weighted by Gasteiger charge is -2.09. The molecule has 0 aliphatic rings. The summed E-state index contributed by atoms with van der Waals surface area (Å²) >= 11 is 12.8. The molecule has 1 heterocycles. The van der Waals surface area contributed by atoms with Crippen LogP contribution >= 0.6 is 35.2 Å². The number of benzene rings is 2. The number of fused-ring (bicyclic) bond motifs is 1. The number of hydrogen-bond donors (Lipinski definition) is 2. The van der Waals surface area contributed by atoms with Crippen LogP contribution in [-0.4, -0.2) is 16.8 Å². The Morgan fingerprint density at radius 1 is 1.12 bits per heavy atom. The van der Waals surface area contributed by atoms with E-state index in [1.54, 1.807) is 24.3 Å². The van der Waals surface area contributed by atoms with Crippen molar-refractivity contribution in [3.63, 3.8) is 0 Å². The van der Waals surface area contributed by atoms with Gasteiger partial charge in [-0.05, 0) is 37.3 Å². The third kappa shape index (κ3) is 3.87. The third-order valence-electron chi connectivity index (χ3n) is 3.50. The van der Waals surface area contributed by atoms with Crippen molar-refractivity contribution >= 4 is 67.7 Å². The number of rotatable bonds is 3. The Morgan fingerprint density at radius 3 is 2.60 bits per heavy atom. The highest BCUT2D eigenvalue weighted by Gasteiger charge is 2.17. The summed E-state index contributed by atoms with van der Waals surface area (Å²) in [4.78, 5) is 24.3. The summed E-state index contributed by atoms with van der Waals surface area (Å²) in [5, 5.41) is 6.91. The molecule has 1 aromatic heterocycles. The van der Waals surface area contributed by atoms with Crippen LogP contribution in [0.4, 0.5) is 5.69 Å². The molecule has 0 bridgehead atoms. The summed E-state index contributed by atoms with van der Waals surface area (Å²) in [7, 11) is 0. The van der Waals surface area contributed by atoms with E-state index in [1.165, 1.54) is 18.3 Å². The van der Waals surface area contributed by atoms with Gasteiger partial charge in [-0.2, -0.15) is 0 Å². The molecular weight excluding hydrogens is 376 g/mol. The number of carbonyl (C=O) groups excluding carboxylic acids is 2. The van der Waals surface area contributed by atoms with Crippen LogP contribution in [0.5, 0.6) is 0 Å². The van der Waals surface area contributed by atoms with Crippen LogP contribution in [0, 0.1) is 0 Å². The SMILES string of the molecule is CC(=O)c1cccc(NC(=S)NC(=O)c2sc3ccccc3c2Cl)c1. The number of carbonyl (C=O) groups is 2. The van der Waals surface area contributed by atoms with E-state index in [-0.39, 0.29) is 16.8 Å². The standard InChI is InChI=1S/C18H13ClN2O2S2/c1-10(22)11-5-4-6-12(9-11)20-18(24)21-17(23)16-15(19)13-7-2-3-8-14(13)25-16/h2-9H,1H3,(H2,20,21,23,24). The Morgan fingerprint density at radius 2 is 1.88 bits per heavy atom. The third-order valence-corrected chi connectivity index (χ3v) is 5.37. The van der Waals surface area contributed by atoms with E-state index in [4.69, 9.17) is 23.8 Å². The van der Waals surface area contributed by atoms with Crippen molar-refractivity contribution in [2.45, 2.75) is 6.92 Å². The van der Waals surface area contributed by atoms with Gasteiger partial charge >= 0.3 is 0 Å². The van der Waals surface area contributed by atoms with E-state index in [0.29, 0.717) is 21.2 Å². The quantitative estimate of drug-likeness (QED) is 0.495. The molecule has 0 spiro atoms. The van der Waals surface area contributed by atoms with Crippen molar-refractivity contribution < 1.29 is 9.59 Å². The summed E-state index contributed by atoms with van der Waals surface area (Å²) in [5.41, 5.74) is 1.19. The largest absolute Gasteiger partial charge is 0.332 e. The highest BCUT2D eigenvalue weighted by molar-refractivity contribution is 7.80. The van der Waals surface area contributed by atoms with Gasteiger partial charge in [0.05, 0.1) is 5.02 Å². The van der Waals surface area contributed by atoms with Gasteiger partial charge in [-0.15, -0.1) is 11.3 Å². The minimum atomic E-state index is -0.369. The number of amides is 1. The second-order valence-corrected chi connectivity index (χ2v) is 7.12. The van der Waals surface area contributed by atoms with Crippen molar-refractivity contribution in [3.8, 4) is 0 Å². The second-order valence-electron chi connectivity index (χ2n) is 5.29. The zero-order valence-corrected chi connectivity index (χ0v) is 15.5. The van der Waals surface area contributed by atoms with Crippen LogP contribution in [0.15, 0.2) is 48.5 Å². The fraction of sp³-hybridized carbons (Fsp3) is 0.0556. The highest BCUT2D eigenvalue weighted by atomic mass is 35.5. The zero-order valence-electron chi connectivity index (χ0n) is 13.1. The van der Waals surface area contributed by atoms with Crippen LogP contribution in [-0.2, 0) is 0 Å². The molecule has 0 fully saturated rings. The van der Waals surface area contributed by atoms with E-state index < -0.39 is 0 Å². The maximum atomic E-state index is 12.4. The number of ketones is 1. The molecule has 0 aliphatic carbocycles. The lowest BCUT2D eigenvalue weighted by atomic mass is 10.1. The Kier molecular flexibility index (Phi) is 5.13. The predicted octanol–water partition coefficient (Wildman–Crippen LogP) is 4.88. The maximum Gasteiger partial charge on any atom is 0.269 e. The van der Waals surface area contributed by atoms with Gasteiger partial charge in [-0.25, -0.2) is 0 Å². The van der Waals surface area contributed by atoms with Gasteiger partial charge in [-0.1, -0.05) is 41.9 Å². The van der Waals surface area contributed by atoms with Crippen molar-refractivity contribution in [1.82, 2.24) is 5.32 Å². The zero-order chi connectivity index (χ0) is 18.0.